The van der Waals surface area contributed by atoms with Crippen LogP contribution in [-0.2, 0) is 7.05 Å². The van der Waals surface area contributed by atoms with E-state index in [9.17, 15) is 5.26 Å². The molecule has 3 nitrogen and oxygen atoms in total. The van der Waals surface area contributed by atoms with E-state index in [4.69, 9.17) is 0 Å². The topological polar surface area (TPSA) is 32.0 Å². The fourth-order valence-electron chi connectivity index (χ4n) is 2.05. The molecule has 0 spiro atoms. The van der Waals surface area contributed by atoms with Crippen LogP contribution in [0.25, 0.3) is 10.9 Å². The fraction of sp³-hybridized carbons (Fsp3) is 0.308. The van der Waals surface area contributed by atoms with E-state index < -0.39 is 0 Å². The molecule has 0 amide bonds. The summed E-state index contributed by atoms with van der Waals surface area (Å²) < 4.78 is 2.07. The number of nitrogens with zero attached hydrogens (tertiary/aromatic N) is 3. The fourth-order valence-corrected chi connectivity index (χ4v) is 2.05. The lowest BCUT2D eigenvalue weighted by molar-refractivity contribution is 0.359. The van der Waals surface area contributed by atoms with E-state index in [2.05, 4.69) is 22.8 Å². The van der Waals surface area contributed by atoms with Crippen molar-refractivity contribution in [1.82, 2.24) is 9.47 Å². The smallest absolute Gasteiger partial charge is 0.125 e. The molecule has 0 saturated heterocycles. The minimum Gasteiger partial charge on any atom is -0.350 e. The van der Waals surface area contributed by atoms with Crippen LogP contribution in [0.4, 0.5) is 0 Å². The Bertz CT molecular complexity index is 551. The maximum absolute atomic E-state index is 9.22. The molecular formula is C13H16ClN3. The van der Waals surface area contributed by atoms with Crippen LogP contribution in [0.1, 0.15) is 11.6 Å². The van der Waals surface area contributed by atoms with Crippen molar-refractivity contribution in [2.24, 2.45) is 7.05 Å². The highest BCUT2D eigenvalue weighted by atomic mass is 35.5. The Morgan fingerprint density at radius 1 is 1.29 bits per heavy atom. The van der Waals surface area contributed by atoms with Gasteiger partial charge >= 0.3 is 0 Å². The summed E-state index contributed by atoms with van der Waals surface area (Å²) in [6.45, 7) is 0. The Morgan fingerprint density at radius 3 is 2.53 bits per heavy atom. The molecule has 1 aromatic heterocycles. The number of fused-ring (bicyclic) bond motifs is 1. The summed E-state index contributed by atoms with van der Waals surface area (Å²) in [6.07, 6.45) is 2.04. The van der Waals surface area contributed by atoms with E-state index in [1.165, 1.54) is 5.52 Å². The minimum absolute atomic E-state index is 0. The van der Waals surface area contributed by atoms with Crippen LogP contribution in [0, 0.1) is 11.3 Å². The molecule has 0 saturated carbocycles. The maximum Gasteiger partial charge on any atom is 0.125 e. The van der Waals surface area contributed by atoms with Gasteiger partial charge in [0.25, 0.3) is 0 Å². The molecule has 1 atom stereocenters. The third-order valence-corrected chi connectivity index (χ3v) is 2.86. The predicted octanol–water partition coefficient (Wildman–Crippen LogP) is 2.73. The zero-order chi connectivity index (χ0) is 11.7. The normalized spacial score (nSPS) is 12.2. The van der Waals surface area contributed by atoms with Gasteiger partial charge < -0.3 is 4.57 Å². The van der Waals surface area contributed by atoms with Gasteiger partial charge in [0.15, 0.2) is 0 Å². The standard InChI is InChI=1S/C13H15N3.ClH/c1-15(2)13(8-14)11-9-16(3)12-7-5-4-6-10(11)12;/h4-7,9,13H,1-3H3;1H. The SMILES string of the molecule is CN(C)C(C#N)c1cn(C)c2ccccc12.Cl. The summed E-state index contributed by atoms with van der Waals surface area (Å²) in [6, 6.07) is 10.3. The summed E-state index contributed by atoms with van der Waals surface area (Å²) in [5.74, 6) is 0. The van der Waals surface area contributed by atoms with Gasteiger partial charge in [-0.2, -0.15) is 5.26 Å². The summed E-state index contributed by atoms with van der Waals surface area (Å²) in [5, 5.41) is 10.4. The Labute approximate surface area is 108 Å². The third-order valence-electron chi connectivity index (χ3n) is 2.86. The summed E-state index contributed by atoms with van der Waals surface area (Å²) in [7, 11) is 5.86. The van der Waals surface area contributed by atoms with Crippen molar-refractivity contribution < 1.29 is 0 Å². The number of nitriles is 1. The van der Waals surface area contributed by atoms with Crippen molar-refractivity contribution in [3.05, 3.63) is 36.0 Å². The predicted molar refractivity (Wildman–Crippen MR) is 72.2 cm³/mol. The number of rotatable bonds is 2. The zero-order valence-corrected chi connectivity index (χ0v) is 11.0. The van der Waals surface area contributed by atoms with Gasteiger partial charge in [0, 0.05) is 29.7 Å². The number of hydrogen-bond acceptors (Lipinski definition) is 2. The van der Waals surface area contributed by atoms with Crippen molar-refractivity contribution in [3.63, 3.8) is 0 Å². The second-order valence-electron chi connectivity index (χ2n) is 4.21. The monoisotopic (exact) mass is 249 g/mol. The first-order chi connectivity index (χ1) is 7.65. The van der Waals surface area contributed by atoms with Crippen LogP contribution in [0.3, 0.4) is 0 Å². The molecule has 0 aliphatic heterocycles. The minimum atomic E-state index is -0.189. The molecule has 0 aliphatic rings. The second kappa shape index (κ2) is 5.22. The van der Waals surface area contributed by atoms with Gasteiger partial charge in [-0.05, 0) is 20.2 Å². The lowest BCUT2D eigenvalue weighted by Crippen LogP contribution is -2.17. The van der Waals surface area contributed by atoms with Crippen LogP contribution < -0.4 is 0 Å². The number of para-hydroxylation sites is 1. The van der Waals surface area contributed by atoms with Gasteiger partial charge in [-0.15, -0.1) is 12.4 Å². The van der Waals surface area contributed by atoms with E-state index in [0.717, 1.165) is 10.9 Å². The molecule has 0 aliphatic carbocycles. The van der Waals surface area contributed by atoms with Crippen LogP contribution in [-0.4, -0.2) is 23.6 Å². The molecule has 1 heterocycles. The third kappa shape index (κ3) is 2.28. The van der Waals surface area contributed by atoms with E-state index in [0.29, 0.717) is 0 Å². The Morgan fingerprint density at radius 2 is 1.94 bits per heavy atom. The van der Waals surface area contributed by atoms with Crippen LogP contribution in [0.15, 0.2) is 30.5 Å². The molecule has 1 unspecified atom stereocenters. The van der Waals surface area contributed by atoms with Crippen molar-refractivity contribution >= 4 is 23.3 Å². The van der Waals surface area contributed by atoms with Gasteiger partial charge in [-0.3, -0.25) is 4.90 Å². The van der Waals surface area contributed by atoms with Crippen LogP contribution >= 0.6 is 12.4 Å². The zero-order valence-electron chi connectivity index (χ0n) is 10.2. The van der Waals surface area contributed by atoms with Gasteiger partial charge in [-0.1, -0.05) is 18.2 Å². The van der Waals surface area contributed by atoms with E-state index in [1.54, 1.807) is 0 Å². The number of aryl methyl sites for hydroxylation is 1. The van der Waals surface area contributed by atoms with Crippen LogP contribution in [0.5, 0.6) is 0 Å². The quantitative estimate of drug-likeness (QED) is 0.820. The molecular weight excluding hydrogens is 234 g/mol. The summed E-state index contributed by atoms with van der Waals surface area (Å²) in [5.41, 5.74) is 2.24. The summed E-state index contributed by atoms with van der Waals surface area (Å²) >= 11 is 0. The molecule has 90 valence electrons. The van der Waals surface area contributed by atoms with Crippen LogP contribution in [0.2, 0.25) is 0 Å². The molecule has 2 rings (SSSR count). The largest absolute Gasteiger partial charge is 0.350 e. The Kier molecular flexibility index (Phi) is 4.17. The second-order valence-corrected chi connectivity index (χ2v) is 4.21. The average molecular weight is 250 g/mol. The molecule has 2 aromatic rings. The van der Waals surface area contributed by atoms with Gasteiger partial charge in [0.05, 0.1) is 6.07 Å². The maximum atomic E-state index is 9.22. The molecule has 0 radical (unpaired) electrons. The van der Waals surface area contributed by atoms with Crippen molar-refractivity contribution in [2.45, 2.75) is 6.04 Å². The Hall–Kier alpha value is -1.50. The number of hydrogen-bond donors (Lipinski definition) is 0. The molecule has 1 aromatic carbocycles. The summed E-state index contributed by atoms with van der Waals surface area (Å²) in [4.78, 5) is 1.93. The molecule has 17 heavy (non-hydrogen) atoms. The first-order valence-corrected chi connectivity index (χ1v) is 5.25. The highest BCUT2D eigenvalue weighted by Crippen LogP contribution is 2.27. The lowest BCUT2D eigenvalue weighted by Gasteiger charge is -2.16. The average Bonchev–Trinajstić information content (AvgIpc) is 2.58. The molecule has 0 N–H and O–H groups in total. The highest BCUT2D eigenvalue weighted by molar-refractivity contribution is 5.85. The van der Waals surface area contributed by atoms with Crippen molar-refractivity contribution in [2.75, 3.05) is 14.1 Å². The number of aromatic nitrogens is 1. The molecule has 4 heteroatoms. The van der Waals surface area contributed by atoms with Crippen molar-refractivity contribution in [3.8, 4) is 6.07 Å². The molecule has 0 fully saturated rings. The van der Waals surface area contributed by atoms with E-state index in [1.807, 2.05) is 44.4 Å². The number of benzene rings is 1. The van der Waals surface area contributed by atoms with E-state index in [-0.39, 0.29) is 18.4 Å². The first kappa shape index (κ1) is 13.6. The highest BCUT2D eigenvalue weighted by Gasteiger charge is 2.17. The van der Waals surface area contributed by atoms with Gasteiger partial charge in [-0.25, -0.2) is 0 Å². The number of halogens is 1. The Balaban J connectivity index is 0.00000144. The van der Waals surface area contributed by atoms with E-state index >= 15 is 0 Å². The molecule has 0 bridgehead atoms. The lowest BCUT2D eigenvalue weighted by atomic mass is 10.1. The van der Waals surface area contributed by atoms with Crippen molar-refractivity contribution in [1.29, 1.82) is 5.26 Å². The van der Waals surface area contributed by atoms with Gasteiger partial charge in [0.1, 0.15) is 6.04 Å². The van der Waals surface area contributed by atoms with Gasteiger partial charge in [0.2, 0.25) is 0 Å². The first-order valence-electron chi connectivity index (χ1n) is 5.25.